The highest BCUT2D eigenvalue weighted by atomic mass is 16.6. The van der Waals surface area contributed by atoms with Crippen molar-refractivity contribution in [3.63, 3.8) is 0 Å². The molecule has 7 nitrogen and oxygen atoms in total. The molecule has 4 rings (SSSR count). The van der Waals surface area contributed by atoms with Crippen molar-refractivity contribution in [3.8, 4) is 0 Å². The monoisotopic (exact) mass is 362 g/mol. The summed E-state index contributed by atoms with van der Waals surface area (Å²) in [4.78, 5) is 37.3. The topological polar surface area (TPSA) is 102 Å². The van der Waals surface area contributed by atoms with Crippen molar-refractivity contribution in [2.75, 3.05) is 6.61 Å². The molecule has 1 saturated carbocycles. The van der Waals surface area contributed by atoms with Crippen molar-refractivity contribution in [2.24, 2.45) is 17.3 Å². The number of allylic oxidation sites excluding steroid dienone is 1. The van der Waals surface area contributed by atoms with E-state index < -0.39 is 52.6 Å². The zero-order valence-corrected chi connectivity index (χ0v) is 15.0. The molecule has 0 aromatic heterocycles. The van der Waals surface area contributed by atoms with Crippen molar-refractivity contribution in [2.45, 2.75) is 50.6 Å². The first-order valence-electron chi connectivity index (χ1n) is 8.70. The van der Waals surface area contributed by atoms with Crippen LogP contribution in [0.25, 0.3) is 0 Å². The lowest BCUT2D eigenvalue weighted by Gasteiger charge is -2.53. The van der Waals surface area contributed by atoms with E-state index >= 15 is 0 Å². The predicted molar refractivity (Wildman–Crippen MR) is 87.7 cm³/mol. The molecule has 0 spiro atoms. The molecule has 0 aromatic carbocycles. The van der Waals surface area contributed by atoms with Gasteiger partial charge in [0, 0.05) is 16.9 Å². The van der Waals surface area contributed by atoms with E-state index in [-0.39, 0.29) is 24.4 Å². The average molecular weight is 362 g/mol. The number of fused-ring (bicyclic) bond motifs is 3. The van der Waals surface area contributed by atoms with E-state index in [2.05, 4.69) is 6.58 Å². The van der Waals surface area contributed by atoms with Gasteiger partial charge in [0.05, 0.1) is 18.1 Å². The maximum atomic E-state index is 12.7. The van der Waals surface area contributed by atoms with Crippen molar-refractivity contribution in [1.82, 2.24) is 0 Å². The van der Waals surface area contributed by atoms with Crippen LogP contribution < -0.4 is 0 Å². The molecule has 2 aliphatic carbocycles. The van der Waals surface area contributed by atoms with Gasteiger partial charge in [0.25, 0.3) is 0 Å². The van der Waals surface area contributed by atoms with E-state index in [9.17, 15) is 19.5 Å². The second-order valence-electron chi connectivity index (χ2n) is 8.41. The normalized spacial score (nSPS) is 49.3. The zero-order chi connectivity index (χ0) is 19.1. The van der Waals surface area contributed by atoms with E-state index in [1.807, 2.05) is 0 Å². The van der Waals surface area contributed by atoms with Crippen molar-refractivity contribution < 1.29 is 33.7 Å². The van der Waals surface area contributed by atoms with Crippen LogP contribution in [0.2, 0.25) is 0 Å². The summed E-state index contributed by atoms with van der Waals surface area (Å²) in [5.41, 5.74) is -3.13. The molecule has 2 heterocycles. The zero-order valence-electron chi connectivity index (χ0n) is 15.0. The van der Waals surface area contributed by atoms with Crippen LogP contribution in [-0.4, -0.2) is 52.8 Å². The third-order valence-electron chi connectivity index (χ3n) is 6.33. The third-order valence-corrected chi connectivity index (χ3v) is 6.33. The Kier molecular flexibility index (Phi) is 3.38. The Morgan fingerprint density at radius 1 is 1.35 bits per heavy atom. The maximum absolute atomic E-state index is 12.7. The molecule has 3 fully saturated rings. The molecular weight excluding hydrogens is 340 g/mol. The first-order chi connectivity index (χ1) is 12.0. The van der Waals surface area contributed by atoms with Crippen LogP contribution >= 0.6 is 0 Å². The Balaban J connectivity index is 1.75. The van der Waals surface area contributed by atoms with Crippen LogP contribution in [0.4, 0.5) is 0 Å². The van der Waals surface area contributed by atoms with Crippen molar-refractivity contribution >= 4 is 17.7 Å². The van der Waals surface area contributed by atoms with Crippen LogP contribution in [-0.2, 0) is 28.6 Å². The molecule has 4 aliphatic rings. The number of carbonyl (C=O) groups excluding carboxylic acids is 3. The SMILES string of the molecule is C=C1C(=O)O[C@H]2[C@H]1[C@@H](OC(=O)[C@]1(C)CO1)C[C@@]1(C)C(=O)C=C[C@@](C)(O)[C@H]21. The number of hydrogen-bond acceptors (Lipinski definition) is 7. The number of aliphatic hydroxyl groups is 1. The van der Waals surface area contributed by atoms with E-state index in [1.165, 1.54) is 12.2 Å². The molecule has 2 aliphatic heterocycles. The van der Waals surface area contributed by atoms with Crippen molar-refractivity contribution in [3.05, 3.63) is 24.3 Å². The molecule has 0 amide bonds. The van der Waals surface area contributed by atoms with Gasteiger partial charge < -0.3 is 19.3 Å². The van der Waals surface area contributed by atoms with E-state index in [4.69, 9.17) is 14.2 Å². The van der Waals surface area contributed by atoms with E-state index in [1.54, 1.807) is 20.8 Å². The van der Waals surface area contributed by atoms with E-state index in [0.717, 1.165) is 0 Å². The molecule has 0 radical (unpaired) electrons. The van der Waals surface area contributed by atoms with Gasteiger partial charge in [-0.3, -0.25) is 4.79 Å². The van der Waals surface area contributed by atoms with Gasteiger partial charge in [0.1, 0.15) is 12.2 Å². The number of rotatable bonds is 2. The smallest absolute Gasteiger partial charge is 0.340 e. The summed E-state index contributed by atoms with van der Waals surface area (Å²) in [5.74, 6) is -2.55. The number of epoxide rings is 1. The van der Waals surface area contributed by atoms with Gasteiger partial charge in [0.2, 0.25) is 0 Å². The molecule has 0 bridgehead atoms. The fraction of sp³-hybridized carbons (Fsp3) is 0.632. The number of esters is 2. The van der Waals surface area contributed by atoms with Gasteiger partial charge in [0.15, 0.2) is 11.4 Å². The van der Waals surface area contributed by atoms with Gasteiger partial charge in [-0.15, -0.1) is 0 Å². The lowest BCUT2D eigenvalue weighted by atomic mass is 9.53. The second-order valence-corrected chi connectivity index (χ2v) is 8.41. The predicted octanol–water partition coefficient (Wildman–Crippen LogP) is 0.701. The highest BCUT2D eigenvalue weighted by molar-refractivity contribution is 5.97. The fourth-order valence-corrected chi connectivity index (χ4v) is 4.73. The van der Waals surface area contributed by atoms with Gasteiger partial charge in [-0.1, -0.05) is 13.5 Å². The summed E-state index contributed by atoms with van der Waals surface area (Å²) in [7, 11) is 0. The van der Waals surface area contributed by atoms with Gasteiger partial charge in [-0.25, -0.2) is 9.59 Å². The first-order valence-corrected chi connectivity index (χ1v) is 8.70. The first kappa shape index (κ1) is 17.4. The largest absolute Gasteiger partial charge is 0.459 e. The molecule has 7 heteroatoms. The molecular formula is C19H22O7. The molecule has 0 unspecified atom stereocenters. The summed E-state index contributed by atoms with van der Waals surface area (Å²) in [6.45, 7) is 9.02. The second kappa shape index (κ2) is 5.04. The summed E-state index contributed by atoms with van der Waals surface area (Å²) in [6.07, 6.45) is 1.44. The minimum absolute atomic E-state index is 0.176. The van der Waals surface area contributed by atoms with Gasteiger partial charge in [-0.2, -0.15) is 0 Å². The highest BCUT2D eigenvalue weighted by Crippen LogP contribution is 2.56. The Morgan fingerprint density at radius 2 is 2.00 bits per heavy atom. The molecule has 7 atom stereocenters. The Hall–Kier alpha value is -1.99. The molecule has 0 aromatic rings. The number of carbonyl (C=O) groups is 3. The molecule has 26 heavy (non-hydrogen) atoms. The van der Waals surface area contributed by atoms with Gasteiger partial charge >= 0.3 is 11.9 Å². The summed E-state index contributed by atoms with van der Waals surface area (Å²) in [6, 6.07) is 0. The minimum Gasteiger partial charge on any atom is -0.459 e. The van der Waals surface area contributed by atoms with Crippen LogP contribution in [0.3, 0.4) is 0 Å². The lowest BCUT2D eigenvalue weighted by molar-refractivity contribution is -0.191. The van der Waals surface area contributed by atoms with Gasteiger partial charge in [-0.05, 0) is 32.4 Å². The average Bonchev–Trinajstić information content (AvgIpc) is 3.22. The summed E-state index contributed by atoms with van der Waals surface area (Å²) < 4.78 is 16.3. The minimum atomic E-state index is -1.34. The summed E-state index contributed by atoms with van der Waals surface area (Å²) in [5, 5.41) is 10.9. The quantitative estimate of drug-likeness (QED) is 0.438. The third kappa shape index (κ3) is 2.23. The van der Waals surface area contributed by atoms with Crippen LogP contribution in [0.5, 0.6) is 0 Å². The van der Waals surface area contributed by atoms with Crippen LogP contribution in [0.15, 0.2) is 24.3 Å². The molecule has 140 valence electrons. The Bertz CT molecular complexity index is 760. The van der Waals surface area contributed by atoms with Crippen LogP contribution in [0, 0.1) is 17.3 Å². The molecule has 1 N–H and O–H groups in total. The fourth-order valence-electron chi connectivity index (χ4n) is 4.73. The Labute approximate surface area is 151 Å². The standard InChI is InChI=1S/C19H22O7/c1-9-12-10(25-16(22)19(4)8-24-19)7-17(2)11(20)5-6-18(3,23)14(17)13(12)26-15(9)21/h5-6,10,12-14,23H,1,7-8H2,2-4H3/t10-,12+,13-,14+,17-,18+,19-/m0/s1. The van der Waals surface area contributed by atoms with Crippen molar-refractivity contribution in [1.29, 1.82) is 0 Å². The number of hydrogen-bond donors (Lipinski definition) is 1. The van der Waals surface area contributed by atoms with E-state index in [0.29, 0.717) is 0 Å². The van der Waals surface area contributed by atoms with Crippen LogP contribution in [0.1, 0.15) is 27.2 Å². The maximum Gasteiger partial charge on any atom is 0.340 e. The lowest BCUT2D eigenvalue weighted by Crippen LogP contribution is -2.62. The number of ketones is 1. The summed E-state index contributed by atoms with van der Waals surface area (Å²) >= 11 is 0. The highest BCUT2D eigenvalue weighted by Gasteiger charge is 2.66. The molecule has 2 saturated heterocycles. The Morgan fingerprint density at radius 3 is 2.62 bits per heavy atom. The number of ether oxygens (including phenoxy) is 3.